The SMILES string of the molecule is Cc1c(OC(=O)c2cccc(F)c2)ccc2c1O/C(=C\c1ccc(C(C)(C)C)cc1)C2=O. The number of carbonyl (C=O) groups excluding carboxylic acids is 2. The molecule has 1 aliphatic rings. The van der Waals surface area contributed by atoms with Gasteiger partial charge in [0.25, 0.3) is 0 Å². The quantitative estimate of drug-likeness (QED) is 0.279. The number of esters is 1. The van der Waals surface area contributed by atoms with Gasteiger partial charge >= 0.3 is 5.97 Å². The second-order valence-corrected chi connectivity index (χ2v) is 8.78. The van der Waals surface area contributed by atoms with Gasteiger partial charge in [-0.15, -0.1) is 0 Å². The number of benzene rings is 3. The molecule has 4 nitrogen and oxygen atoms in total. The Bertz CT molecular complexity index is 1250. The molecule has 3 aromatic rings. The molecule has 0 radical (unpaired) electrons. The van der Waals surface area contributed by atoms with Crippen LogP contribution in [0.25, 0.3) is 6.08 Å². The highest BCUT2D eigenvalue weighted by molar-refractivity contribution is 6.15. The number of hydrogen-bond donors (Lipinski definition) is 0. The normalized spacial score (nSPS) is 14.3. The Morgan fingerprint density at radius 2 is 1.75 bits per heavy atom. The van der Waals surface area contributed by atoms with E-state index in [9.17, 15) is 14.0 Å². The van der Waals surface area contributed by atoms with Crippen molar-refractivity contribution in [3.05, 3.63) is 100 Å². The number of carbonyl (C=O) groups is 2. The standard InChI is InChI=1S/C27H23FO4/c1-16-22(32-26(30)18-6-5-7-20(28)15-18)13-12-21-24(29)23(31-25(16)21)14-17-8-10-19(11-9-17)27(2,3)4/h5-15H,1-4H3/b23-14-. The molecule has 0 N–H and O–H groups in total. The first-order valence-corrected chi connectivity index (χ1v) is 10.3. The fraction of sp³-hybridized carbons (Fsp3) is 0.185. The van der Waals surface area contributed by atoms with Crippen molar-refractivity contribution in [1.82, 2.24) is 0 Å². The minimum Gasteiger partial charge on any atom is -0.452 e. The summed E-state index contributed by atoms with van der Waals surface area (Å²) in [4.78, 5) is 25.2. The van der Waals surface area contributed by atoms with E-state index in [1.807, 2.05) is 24.3 Å². The summed E-state index contributed by atoms with van der Waals surface area (Å²) in [6.45, 7) is 8.13. The summed E-state index contributed by atoms with van der Waals surface area (Å²) in [6.07, 6.45) is 1.70. The molecule has 4 rings (SSSR count). The second kappa shape index (κ2) is 8.08. The van der Waals surface area contributed by atoms with Crippen molar-refractivity contribution in [1.29, 1.82) is 0 Å². The molecule has 0 aliphatic carbocycles. The Kier molecular flexibility index (Phi) is 5.43. The van der Waals surface area contributed by atoms with Crippen molar-refractivity contribution in [2.24, 2.45) is 0 Å². The predicted octanol–water partition coefficient (Wildman–Crippen LogP) is 6.27. The molecule has 0 bridgehead atoms. The van der Waals surface area contributed by atoms with Gasteiger partial charge in [0, 0.05) is 5.56 Å². The lowest BCUT2D eigenvalue weighted by molar-refractivity contribution is 0.0732. The van der Waals surface area contributed by atoms with Crippen LogP contribution in [-0.2, 0) is 5.41 Å². The van der Waals surface area contributed by atoms with Crippen LogP contribution >= 0.6 is 0 Å². The smallest absolute Gasteiger partial charge is 0.343 e. The molecule has 0 spiro atoms. The summed E-state index contributed by atoms with van der Waals surface area (Å²) >= 11 is 0. The zero-order chi connectivity index (χ0) is 23.0. The van der Waals surface area contributed by atoms with E-state index in [0.717, 1.165) is 11.6 Å². The Morgan fingerprint density at radius 3 is 2.41 bits per heavy atom. The molecule has 5 heteroatoms. The van der Waals surface area contributed by atoms with E-state index in [1.54, 1.807) is 25.1 Å². The number of allylic oxidation sites excluding steroid dienone is 1. The number of Topliss-reactive ketones (excluding diaryl/α,β-unsaturated/α-hetero) is 1. The van der Waals surface area contributed by atoms with E-state index in [4.69, 9.17) is 9.47 Å². The molecule has 3 aromatic carbocycles. The van der Waals surface area contributed by atoms with Crippen LogP contribution in [0.2, 0.25) is 0 Å². The van der Waals surface area contributed by atoms with Crippen molar-refractivity contribution in [2.45, 2.75) is 33.1 Å². The lowest BCUT2D eigenvalue weighted by atomic mass is 9.86. The zero-order valence-corrected chi connectivity index (χ0v) is 18.4. The van der Waals surface area contributed by atoms with Gasteiger partial charge in [0.05, 0.1) is 11.1 Å². The molecule has 0 saturated heterocycles. The zero-order valence-electron chi connectivity index (χ0n) is 18.4. The largest absolute Gasteiger partial charge is 0.452 e. The molecule has 1 aliphatic heterocycles. The highest BCUT2D eigenvalue weighted by Gasteiger charge is 2.30. The van der Waals surface area contributed by atoms with Crippen molar-refractivity contribution >= 4 is 17.8 Å². The summed E-state index contributed by atoms with van der Waals surface area (Å²) in [6, 6.07) is 16.4. The molecule has 0 atom stereocenters. The van der Waals surface area contributed by atoms with Gasteiger partial charge in [-0.1, -0.05) is 51.1 Å². The van der Waals surface area contributed by atoms with Crippen LogP contribution in [0.1, 0.15) is 58.2 Å². The maximum atomic E-state index is 13.4. The van der Waals surface area contributed by atoms with Crippen LogP contribution in [-0.4, -0.2) is 11.8 Å². The van der Waals surface area contributed by atoms with E-state index >= 15 is 0 Å². The predicted molar refractivity (Wildman–Crippen MR) is 121 cm³/mol. The van der Waals surface area contributed by atoms with Crippen LogP contribution in [0, 0.1) is 12.7 Å². The van der Waals surface area contributed by atoms with Gasteiger partial charge in [0.1, 0.15) is 17.3 Å². The lowest BCUT2D eigenvalue weighted by Crippen LogP contribution is -2.10. The lowest BCUT2D eigenvalue weighted by Gasteiger charge is -2.18. The summed E-state index contributed by atoms with van der Waals surface area (Å²) in [5.74, 6) is -0.624. The first-order valence-electron chi connectivity index (χ1n) is 10.3. The Balaban J connectivity index is 1.58. The Morgan fingerprint density at radius 1 is 1.03 bits per heavy atom. The number of hydrogen-bond acceptors (Lipinski definition) is 4. The fourth-order valence-corrected chi connectivity index (χ4v) is 3.48. The van der Waals surface area contributed by atoms with Gasteiger partial charge in [0.2, 0.25) is 5.78 Å². The first-order chi connectivity index (χ1) is 15.1. The minimum absolute atomic E-state index is 0.0397. The highest BCUT2D eigenvalue weighted by Crippen LogP contribution is 2.39. The van der Waals surface area contributed by atoms with E-state index in [1.165, 1.54) is 23.8 Å². The fourth-order valence-electron chi connectivity index (χ4n) is 3.48. The minimum atomic E-state index is -0.688. The molecule has 0 fully saturated rings. The summed E-state index contributed by atoms with van der Waals surface area (Å²) in [5, 5.41) is 0. The molecule has 32 heavy (non-hydrogen) atoms. The number of ketones is 1. The van der Waals surface area contributed by atoms with Crippen LogP contribution in [0.4, 0.5) is 4.39 Å². The molecule has 0 aromatic heterocycles. The third kappa shape index (κ3) is 4.19. The second-order valence-electron chi connectivity index (χ2n) is 8.78. The molecular weight excluding hydrogens is 407 g/mol. The monoisotopic (exact) mass is 430 g/mol. The topological polar surface area (TPSA) is 52.6 Å². The van der Waals surface area contributed by atoms with E-state index in [-0.39, 0.29) is 28.3 Å². The van der Waals surface area contributed by atoms with Crippen molar-refractivity contribution in [2.75, 3.05) is 0 Å². The third-order valence-electron chi connectivity index (χ3n) is 5.37. The van der Waals surface area contributed by atoms with E-state index in [2.05, 4.69) is 20.8 Å². The molecular formula is C27H23FO4. The molecule has 162 valence electrons. The van der Waals surface area contributed by atoms with Crippen LogP contribution < -0.4 is 9.47 Å². The van der Waals surface area contributed by atoms with Crippen molar-refractivity contribution in [3.8, 4) is 11.5 Å². The molecule has 1 heterocycles. The average Bonchev–Trinajstić information content (AvgIpc) is 3.06. The Labute approximate surface area is 186 Å². The van der Waals surface area contributed by atoms with Crippen molar-refractivity contribution in [3.63, 3.8) is 0 Å². The van der Waals surface area contributed by atoms with Gasteiger partial charge in [0.15, 0.2) is 5.76 Å². The van der Waals surface area contributed by atoms with Crippen LogP contribution in [0.5, 0.6) is 11.5 Å². The Hall–Kier alpha value is -3.73. The summed E-state index contributed by atoms with van der Waals surface area (Å²) < 4.78 is 24.7. The van der Waals surface area contributed by atoms with Gasteiger partial charge < -0.3 is 9.47 Å². The van der Waals surface area contributed by atoms with Gasteiger partial charge in [-0.05, 0) is 59.9 Å². The highest BCUT2D eigenvalue weighted by atomic mass is 19.1. The van der Waals surface area contributed by atoms with E-state index < -0.39 is 11.8 Å². The number of rotatable bonds is 3. The number of fused-ring (bicyclic) bond motifs is 1. The maximum Gasteiger partial charge on any atom is 0.343 e. The van der Waals surface area contributed by atoms with Crippen LogP contribution in [0.15, 0.2) is 66.4 Å². The van der Waals surface area contributed by atoms with Gasteiger partial charge in [-0.2, -0.15) is 0 Å². The third-order valence-corrected chi connectivity index (χ3v) is 5.37. The summed E-state index contributed by atoms with van der Waals surface area (Å²) in [7, 11) is 0. The van der Waals surface area contributed by atoms with Crippen LogP contribution in [0.3, 0.4) is 0 Å². The number of ether oxygens (including phenoxy) is 2. The molecule has 0 saturated carbocycles. The molecule has 0 amide bonds. The van der Waals surface area contributed by atoms with Crippen molar-refractivity contribution < 1.29 is 23.5 Å². The van der Waals surface area contributed by atoms with Gasteiger partial charge in [-0.3, -0.25) is 4.79 Å². The first kappa shape index (κ1) is 21.5. The molecule has 0 unspecified atom stereocenters. The van der Waals surface area contributed by atoms with E-state index in [0.29, 0.717) is 16.9 Å². The number of halogens is 1. The maximum absolute atomic E-state index is 13.4. The van der Waals surface area contributed by atoms with Gasteiger partial charge in [-0.25, -0.2) is 9.18 Å². The summed E-state index contributed by atoms with van der Waals surface area (Å²) in [5.41, 5.74) is 3.11. The average molecular weight is 430 g/mol.